The van der Waals surface area contributed by atoms with E-state index in [4.69, 9.17) is 4.52 Å². The number of rotatable bonds is 4. The molecule has 0 unspecified atom stereocenters. The molecule has 4 heteroatoms. The van der Waals surface area contributed by atoms with Crippen LogP contribution in [0.1, 0.15) is 39.0 Å². The van der Waals surface area contributed by atoms with Gasteiger partial charge in [0.15, 0.2) is 0 Å². The van der Waals surface area contributed by atoms with Crippen LogP contribution in [0.2, 0.25) is 0 Å². The van der Waals surface area contributed by atoms with Crippen LogP contribution < -0.4 is 5.30 Å². The molecular weight excluding hydrogens is 247 g/mol. The van der Waals surface area contributed by atoms with Crippen LogP contribution in [-0.2, 0) is 9.09 Å². The lowest BCUT2D eigenvalue weighted by atomic mass is 9.97. The summed E-state index contributed by atoms with van der Waals surface area (Å²) in [6.07, 6.45) is 4.07. The second-order valence-electron chi connectivity index (χ2n) is 4.85. The van der Waals surface area contributed by atoms with Crippen LogP contribution in [0.25, 0.3) is 0 Å². The van der Waals surface area contributed by atoms with Gasteiger partial charge in [-0.25, -0.2) is 0 Å². The highest BCUT2D eigenvalue weighted by Gasteiger charge is 2.49. The quantitative estimate of drug-likeness (QED) is 0.852. The van der Waals surface area contributed by atoms with E-state index < -0.39 is 12.7 Å². The maximum atomic E-state index is 13.2. The Bertz CT molecular complexity index is 424. The molecule has 1 atom stereocenters. The first-order valence-corrected chi connectivity index (χ1v) is 8.27. The van der Waals surface area contributed by atoms with Crippen LogP contribution in [0.3, 0.4) is 0 Å². The first-order chi connectivity index (χ1) is 8.62. The molecule has 0 radical (unpaired) electrons. The number of hydrogen-bond donors (Lipinski definition) is 1. The summed E-state index contributed by atoms with van der Waals surface area (Å²) in [4.78, 5) is 0. The van der Waals surface area contributed by atoms with Crippen molar-refractivity contribution >= 4 is 12.7 Å². The van der Waals surface area contributed by atoms with Crippen molar-refractivity contribution in [3.8, 4) is 0 Å². The second kappa shape index (κ2) is 5.56. The van der Waals surface area contributed by atoms with E-state index in [9.17, 15) is 9.67 Å². The Balaban J connectivity index is 2.40. The van der Waals surface area contributed by atoms with E-state index in [0.717, 1.165) is 19.3 Å². The van der Waals surface area contributed by atoms with E-state index in [0.29, 0.717) is 24.8 Å². The molecule has 3 nitrogen and oxygen atoms in total. The summed E-state index contributed by atoms with van der Waals surface area (Å²) in [7, 11) is -3.20. The Kier molecular flexibility index (Phi) is 4.26. The molecule has 18 heavy (non-hydrogen) atoms. The third-order valence-corrected chi connectivity index (χ3v) is 6.75. The van der Waals surface area contributed by atoms with Gasteiger partial charge >= 0.3 is 0 Å². The average molecular weight is 268 g/mol. The van der Waals surface area contributed by atoms with Gasteiger partial charge in [-0.2, -0.15) is 0 Å². The molecule has 1 aromatic carbocycles. The Morgan fingerprint density at radius 2 is 1.83 bits per heavy atom. The minimum absolute atomic E-state index is 0.356. The Hall–Kier alpha value is -0.630. The standard InChI is InChI=1S/C14H21O3P/c1-2-17-18(16,13-9-5-3-6-10-13)14(15)11-7-4-8-12-14/h3,5-6,9-10,15H,2,4,7-8,11-12H2,1H3/t18-/m1/s1. The van der Waals surface area contributed by atoms with Gasteiger partial charge in [0.2, 0.25) is 0 Å². The molecule has 1 aliphatic rings. The monoisotopic (exact) mass is 268 g/mol. The second-order valence-corrected chi connectivity index (χ2v) is 7.56. The summed E-state index contributed by atoms with van der Waals surface area (Å²) in [6.45, 7) is 2.18. The Labute approximate surface area is 109 Å². The summed E-state index contributed by atoms with van der Waals surface area (Å²) in [5.41, 5.74) is 0. The normalized spacial score (nSPS) is 22.3. The van der Waals surface area contributed by atoms with Crippen molar-refractivity contribution in [1.82, 2.24) is 0 Å². The first kappa shape index (κ1) is 13.8. The van der Waals surface area contributed by atoms with Crippen LogP contribution in [-0.4, -0.2) is 17.1 Å². The van der Waals surface area contributed by atoms with Gasteiger partial charge in [-0.15, -0.1) is 0 Å². The van der Waals surface area contributed by atoms with E-state index in [1.807, 2.05) is 25.1 Å². The predicted molar refractivity (Wildman–Crippen MR) is 73.3 cm³/mol. The van der Waals surface area contributed by atoms with Crippen molar-refractivity contribution in [3.05, 3.63) is 30.3 Å². The van der Waals surface area contributed by atoms with E-state index in [1.54, 1.807) is 12.1 Å². The molecule has 0 heterocycles. The maximum absolute atomic E-state index is 13.2. The van der Waals surface area contributed by atoms with E-state index >= 15 is 0 Å². The van der Waals surface area contributed by atoms with E-state index in [-0.39, 0.29) is 0 Å². The fraction of sp³-hybridized carbons (Fsp3) is 0.571. The molecule has 100 valence electrons. The van der Waals surface area contributed by atoms with Crippen LogP contribution in [0, 0.1) is 0 Å². The summed E-state index contributed by atoms with van der Waals surface area (Å²) in [6, 6.07) is 9.15. The van der Waals surface area contributed by atoms with Crippen molar-refractivity contribution in [1.29, 1.82) is 0 Å². The van der Waals surface area contributed by atoms with Gasteiger partial charge < -0.3 is 9.63 Å². The highest BCUT2D eigenvalue weighted by Crippen LogP contribution is 2.61. The van der Waals surface area contributed by atoms with E-state index in [1.165, 1.54) is 0 Å². The first-order valence-electron chi connectivity index (χ1n) is 6.65. The molecule has 0 spiro atoms. The van der Waals surface area contributed by atoms with Gasteiger partial charge in [-0.05, 0) is 44.7 Å². The SMILES string of the molecule is CCO[P@](=O)(c1ccccc1)C1(O)CCCCC1. The summed E-state index contributed by atoms with van der Waals surface area (Å²) >= 11 is 0. The Morgan fingerprint density at radius 3 is 2.39 bits per heavy atom. The van der Waals surface area contributed by atoms with Crippen molar-refractivity contribution < 1.29 is 14.2 Å². The van der Waals surface area contributed by atoms with Gasteiger partial charge in [0.25, 0.3) is 7.37 Å². The van der Waals surface area contributed by atoms with Crippen LogP contribution >= 0.6 is 7.37 Å². The molecule has 1 aliphatic carbocycles. The molecule has 1 aromatic rings. The van der Waals surface area contributed by atoms with Gasteiger partial charge in [0.1, 0.15) is 5.34 Å². The fourth-order valence-corrected chi connectivity index (χ4v) is 5.36. The van der Waals surface area contributed by atoms with Gasteiger partial charge in [-0.1, -0.05) is 24.6 Å². The smallest absolute Gasteiger partial charge is 0.262 e. The minimum atomic E-state index is -3.20. The number of aliphatic hydroxyl groups is 1. The molecule has 0 aromatic heterocycles. The third kappa shape index (κ3) is 2.40. The third-order valence-electron chi connectivity index (χ3n) is 3.61. The molecule has 1 fully saturated rings. The van der Waals surface area contributed by atoms with Gasteiger partial charge in [0, 0.05) is 5.30 Å². The zero-order valence-corrected chi connectivity index (χ0v) is 11.7. The van der Waals surface area contributed by atoms with Crippen LogP contribution in [0.4, 0.5) is 0 Å². The largest absolute Gasteiger partial charge is 0.379 e. The zero-order chi connectivity index (χ0) is 13.1. The molecule has 1 saturated carbocycles. The minimum Gasteiger partial charge on any atom is -0.379 e. The Morgan fingerprint density at radius 1 is 1.22 bits per heavy atom. The summed E-state index contributed by atoms with van der Waals surface area (Å²) in [5, 5.41) is 10.2. The lowest BCUT2D eigenvalue weighted by molar-refractivity contribution is 0.0663. The van der Waals surface area contributed by atoms with Gasteiger partial charge in [-0.3, -0.25) is 4.57 Å². The van der Waals surface area contributed by atoms with Crippen molar-refractivity contribution in [2.45, 2.75) is 44.4 Å². The van der Waals surface area contributed by atoms with Crippen molar-refractivity contribution in [3.63, 3.8) is 0 Å². The van der Waals surface area contributed by atoms with Crippen molar-refractivity contribution in [2.75, 3.05) is 6.61 Å². The molecule has 0 bridgehead atoms. The molecule has 0 amide bonds. The highest BCUT2D eigenvalue weighted by molar-refractivity contribution is 7.68. The van der Waals surface area contributed by atoms with Crippen LogP contribution in [0.5, 0.6) is 0 Å². The predicted octanol–water partition coefficient (Wildman–Crippen LogP) is 3.28. The number of hydrogen-bond acceptors (Lipinski definition) is 3. The lowest BCUT2D eigenvalue weighted by Gasteiger charge is -2.38. The summed E-state index contributed by atoms with van der Waals surface area (Å²) in [5.74, 6) is 0. The van der Waals surface area contributed by atoms with Gasteiger partial charge in [0.05, 0.1) is 6.61 Å². The topological polar surface area (TPSA) is 46.5 Å². The average Bonchev–Trinajstić information content (AvgIpc) is 2.40. The van der Waals surface area contributed by atoms with E-state index in [2.05, 4.69) is 0 Å². The van der Waals surface area contributed by atoms with Crippen molar-refractivity contribution in [2.24, 2.45) is 0 Å². The van der Waals surface area contributed by atoms with Crippen LogP contribution in [0.15, 0.2) is 30.3 Å². The highest BCUT2D eigenvalue weighted by atomic mass is 31.2. The maximum Gasteiger partial charge on any atom is 0.262 e. The molecule has 2 rings (SSSR count). The molecule has 1 N–H and O–H groups in total. The molecular formula is C14H21O3P. The number of benzene rings is 1. The summed E-state index contributed by atoms with van der Waals surface area (Å²) < 4.78 is 18.8. The lowest BCUT2D eigenvalue weighted by Crippen LogP contribution is -2.36. The fourth-order valence-electron chi connectivity index (χ4n) is 2.65. The molecule has 0 aliphatic heterocycles. The zero-order valence-electron chi connectivity index (χ0n) is 10.8. The molecule has 0 saturated heterocycles.